The van der Waals surface area contributed by atoms with E-state index in [0.717, 1.165) is 31.7 Å². The summed E-state index contributed by atoms with van der Waals surface area (Å²) in [6.45, 7) is 2.96. The summed E-state index contributed by atoms with van der Waals surface area (Å²) < 4.78 is 0. The Morgan fingerprint density at radius 1 is 1.20 bits per heavy atom. The molecule has 0 saturated heterocycles. The molecule has 4 heteroatoms. The van der Waals surface area contributed by atoms with Gasteiger partial charge in [-0.2, -0.15) is 0 Å². The summed E-state index contributed by atoms with van der Waals surface area (Å²) in [4.78, 5) is 6.38. The van der Waals surface area contributed by atoms with Crippen molar-refractivity contribution in [3.63, 3.8) is 0 Å². The minimum Gasteiger partial charge on any atom is -0.397 e. The van der Waals surface area contributed by atoms with Gasteiger partial charge in [-0.15, -0.1) is 0 Å². The molecule has 1 heterocycles. The third kappa shape index (κ3) is 4.90. The van der Waals surface area contributed by atoms with Crippen LogP contribution in [-0.2, 0) is 6.54 Å². The second kappa shape index (κ2) is 7.50. The molecule has 0 aliphatic heterocycles. The number of nitrogens with two attached hydrogens (primary N) is 1. The van der Waals surface area contributed by atoms with E-state index in [0.29, 0.717) is 5.69 Å². The van der Waals surface area contributed by atoms with Crippen molar-refractivity contribution in [2.24, 2.45) is 0 Å². The first-order valence-corrected chi connectivity index (χ1v) is 6.91. The monoisotopic (exact) mass is 270 g/mol. The largest absolute Gasteiger partial charge is 0.397 e. The number of nitrogens with one attached hydrogen (secondary N) is 1. The molecule has 0 radical (unpaired) electrons. The maximum absolute atomic E-state index is 5.69. The van der Waals surface area contributed by atoms with Gasteiger partial charge in [-0.1, -0.05) is 30.3 Å². The smallest absolute Gasteiger partial charge is 0.0547 e. The van der Waals surface area contributed by atoms with Gasteiger partial charge in [-0.05, 0) is 31.6 Å². The molecule has 2 aromatic rings. The molecule has 2 rings (SSSR count). The van der Waals surface area contributed by atoms with Gasteiger partial charge in [0.25, 0.3) is 0 Å². The van der Waals surface area contributed by atoms with Crippen LogP contribution >= 0.6 is 0 Å². The van der Waals surface area contributed by atoms with Gasteiger partial charge >= 0.3 is 0 Å². The number of rotatable bonds is 7. The lowest BCUT2D eigenvalue weighted by Gasteiger charge is -2.17. The van der Waals surface area contributed by atoms with Crippen LogP contribution in [0.4, 0.5) is 11.4 Å². The van der Waals surface area contributed by atoms with Crippen molar-refractivity contribution < 1.29 is 0 Å². The highest BCUT2D eigenvalue weighted by Crippen LogP contribution is 2.09. The van der Waals surface area contributed by atoms with E-state index in [4.69, 9.17) is 5.73 Å². The Bertz CT molecular complexity index is 513. The number of anilines is 2. The Hall–Kier alpha value is -2.07. The Kier molecular flexibility index (Phi) is 5.38. The van der Waals surface area contributed by atoms with E-state index in [2.05, 4.69) is 46.5 Å². The molecule has 0 bridgehead atoms. The molecule has 20 heavy (non-hydrogen) atoms. The molecule has 0 aliphatic rings. The quantitative estimate of drug-likeness (QED) is 0.759. The molecule has 0 spiro atoms. The summed E-state index contributed by atoms with van der Waals surface area (Å²) in [6, 6.07) is 12.4. The number of benzene rings is 1. The van der Waals surface area contributed by atoms with Gasteiger partial charge in [0.2, 0.25) is 0 Å². The highest BCUT2D eigenvalue weighted by Gasteiger charge is 2.00. The summed E-state index contributed by atoms with van der Waals surface area (Å²) in [6.07, 6.45) is 4.53. The zero-order valence-corrected chi connectivity index (χ0v) is 11.9. The Morgan fingerprint density at radius 3 is 2.75 bits per heavy atom. The first-order chi connectivity index (χ1) is 9.74. The molecule has 0 aliphatic carbocycles. The second-order valence-electron chi connectivity index (χ2n) is 5.01. The van der Waals surface area contributed by atoms with Crippen molar-refractivity contribution in [2.45, 2.75) is 13.0 Å². The molecule has 106 valence electrons. The topological polar surface area (TPSA) is 54.2 Å². The SMILES string of the molecule is CN(CCCNc1cncc(N)c1)Cc1ccccc1. The van der Waals surface area contributed by atoms with E-state index in [-0.39, 0.29) is 0 Å². The van der Waals surface area contributed by atoms with Crippen LogP contribution in [0.25, 0.3) is 0 Å². The third-order valence-corrected chi connectivity index (χ3v) is 3.10. The zero-order chi connectivity index (χ0) is 14.2. The van der Waals surface area contributed by atoms with Crippen molar-refractivity contribution in [1.29, 1.82) is 0 Å². The van der Waals surface area contributed by atoms with Gasteiger partial charge in [0.1, 0.15) is 0 Å². The molecule has 1 aromatic carbocycles. The standard InChI is InChI=1S/C16H22N4/c1-20(13-14-6-3-2-4-7-14)9-5-8-19-16-10-15(17)11-18-12-16/h2-4,6-7,10-12,19H,5,8-9,13,17H2,1H3. The van der Waals surface area contributed by atoms with Crippen LogP contribution in [0.2, 0.25) is 0 Å². The van der Waals surface area contributed by atoms with Crippen molar-refractivity contribution in [3.05, 3.63) is 54.4 Å². The number of pyridine rings is 1. The lowest BCUT2D eigenvalue weighted by Crippen LogP contribution is -2.21. The number of aromatic nitrogens is 1. The minimum absolute atomic E-state index is 0.691. The highest BCUT2D eigenvalue weighted by atomic mass is 15.1. The van der Waals surface area contributed by atoms with E-state index in [1.165, 1.54) is 5.56 Å². The maximum Gasteiger partial charge on any atom is 0.0547 e. The number of nitrogens with zero attached hydrogens (tertiary/aromatic N) is 2. The van der Waals surface area contributed by atoms with Crippen LogP contribution in [0, 0.1) is 0 Å². The number of hydrogen-bond acceptors (Lipinski definition) is 4. The highest BCUT2D eigenvalue weighted by molar-refractivity contribution is 5.51. The third-order valence-electron chi connectivity index (χ3n) is 3.10. The summed E-state index contributed by atoms with van der Waals surface area (Å²) in [5.74, 6) is 0. The van der Waals surface area contributed by atoms with Crippen LogP contribution in [0.3, 0.4) is 0 Å². The average molecular weight is 270 g/mol. The van der Waals surface area contributed by atoms with Gasteiger partial charge in [0.05, 0.1) is 17.6 Å². The van der Waals surface area contributed by atoms with E-state index >= 15 is 0 Å². The van der Waals surface area contributed by atoms with E-state index < -0.39 is 0 Å². The summed E-state index contributed by atoms with van der Waals surface area (Å²) in [5.41, 5.74) is 8.71. The lowest BCUT2D eigenvalue weighted by atomic mass is 10.2. The Morgan fingerprint density at radius 2 is 2.00 bits per heavy atom. The van der Waals surface area contributed by atoms with E-state index in [1.54, 1.807) is 12.4 Å². The fourth-order valence-electron chi connectivity index (χ4n) is 2.11. The molecular weight excluding hydrogens is 248 g/mol. The predicted molar refractivity (Wildman–Crippen MR) is 84.5 cm³/mol. The first-order valence-electron chi connectivity index (χ1n) is 6.91. The van der Waals surface area contributed by atoms with Crippen LogP contribution in [0.5, 0.6) is 0 Å². The van der Waals surface area contributed by atoms with Crippen molar-refractivity contribution >= 4 is 11.4 Å². The maximum atomic E-state index is 5.69. The second-order valence-corrected chi connectivity index (χ2v) is 5.01. The molecular formula is C16H22N4. The summed E-state index contributed by atoms with van der Waals surface area (Å²) >= 11 is 0. The van der Waals surface area contributed by atoms with Crippen molar-refractivity contribution in [1.82, 2.24) is 9.88 Å². The van der Waals surface area contributed by atoms with E-state index in [1.807, 2.05) is 12.1 Å². The van der Waals surface area contributed by atoms with Gasteiger partial charge in [-0.25, -0.2) is 0 Å². The fraction of sp³-hybridized carbons (Fsp3) is 0.312. The van der Waals surface area contributed by atoms with Crippen LogP contribution in [-0.4, -0.2) is 30.0 Å². The van der Waals surface area contributed by atoms with Gasteiger partial charge < -0.3 is 16.0 Å². The first kappa shape index (κ1) is 14.3. The summed E-state index contributed by atoms with van der Waals surface area (Å²) in [5, 5.41) is 3.34. The number of hydrogen-bond donors (Lipinski definition) is 2. The Balaban J connectivity index is 1.66. The molecule has 3 N–H and O–H groups in total. The normalized spacial score (nSPS) is 10.7. The van der Waals surface area contributed by atoms with Crippen LogP contribution in [0.15, 0.2) is 48.8 Å². The molecule has 0 unspecified atom stereocenters. The van der Waals surface area contributed by atoms with Crippen molar-refractivity contribution in [2.75, 3.05) is 31.2 Å². The van der Waals surface area contributed by atoms with Crippen LogP contribution in [0.1, 0.15) is 12.0 Å². The van der Waals surface area contributed by atoms with E-state index in [9.17, 15) is 0 Å². The number of nitrogen functional groups attached to an aromatic ring is 1. The molecule has 0 amide bonds. The average Bonchev–Trinajstić information content (AvgIpc) is 2.45. The van der Waals surface area contributed by atoms with Crippen LogP contribution < -0.4 is 11.1 Å². The zero-order valence-electron chi connectivity index (χ0n) is 11.9. The van der Waals surface area contributed by atoms with Gasteiger partial charge in [-0.3, -0.25) is 4.98 Å². The van der Waals surface area contributed by atoms with Crippen molar-refractivity contribution in [3.8, 4) is 0 Å². The molecule has 0 atom stereocenters. The Labute approximate surface area is 120 Å². The predicted octanol–water partition coefficient (Wildman–Crippen LogP) is 2.60. The van der Waals surface area contributed by atoms with Gasteiger partial charge in [0, 0.05) is 19.3 Å². The molecule has 0 fully saturated rings. The van der Waals surface area contributed by atoms with Gasteiger partial charge in [0.15, 0.2) is 0 Å². The fourth-order valence-corrected chi connectivity index (χ4v) is 2.11. The summed E-state index contributed by atoms with van der Waals surface area (Å²) in [7, 11) is 2.15. The molecule has 0 saturated carbocycles. The lowest BCUT2D eigenvalue weighted by molar-refractivity contribution is 0.325. The molecule has 4 nitrogen and oxygen atoms in total. The minimum atomic E-state index is 0.691. The molecule has 1 aromatic heterocycles.